The SMILES string of the molecule is c1ccc(-c2ccc(-c3nc(-c4ccccc4)nc(-c4ccc5oc6c(-c7ccccc7)cccc6c5c4)n3)cc2)cc1.c1ccc(-c2ccc(-c3nc(-c4ccccc4)nc(-c4cccc(-c5ccc6oc7ccccc7c6c5)c4)n3)cc2)cc1.c1ccc(-c2nc(-c3ccc(-c4ccc5ccccc5c4)cc3)nc(-c3ccc4sc5ccccc5c4c3)n2)cc1. The summed E-state index contributed by atoms with van der Waals surface area (Å²) in [7, 11) is 0. The van der Waals surface area contributed by atoms with E-state index in [4.69, 9.17) is 53.7 Å². The summed E-state index contributed by atoms with van der Waals surface area (Å²) in [6, 6.07) is 152. The van der Waals surface area contributed by atoms with Gasteiger partial charge in [-0.3, -0.25) is 0 Å². The van der Waals surface area contributed by atoms with Crippen molar-refractivity contribution in [3.05, 3.63) is 443 Å². The molecule has 0 aliphatic heterocycles. The monoisotopic (exact) mass is 1640 g/mol. The summed E-state index contributed by atoms with van der Waals surface area (Å²) in [6.45, 7) is 0. The molecule has 24 rings (SSSR count). The van der Waals surface area contributed by atoms with Crippen LogP contribution < -0.4 is 0 Å². The predicted octanol–water partition coefficient (Wildman–Crippen LogP) is 30.3. The van der Waals surface area contributed by atoms with Crippen molar-refractivity contribution in [1.29, 1.82) is 0 Å². The molecule has 11 nitrogen and oxygen atoms in total. The van der Waals surface area contributed by atoms with E-state index in [1.165, 1.54) is 47.6 Å². The molecule has 0 amide bonds. The highest BCUT2D eigenvalue weighted by atomic mass is 32.1. The summed E-state index contributed by atoms with van der Waals surface area (Å²) >= 11 is 1.81. The van der Waals surface area contributed by atoms with Gasteiger partial charge in [0.15, 0.2) is 52.4 Å². The maximum atomic E-state index is 6.41. The van der Waals surface area contributed by atoms with E-state index in [2.05, 4.69) is 285 Å². The lowest BCUT2D eigenvalue weighted by atomic mass is 10.00. The van der Waals surface area contributed by atoms with E-state index >= 15 is 0 Å². The lowest BCUT2D eigenvalue weighted by molar-refractivity contribution is 0.669. The second-order valence-corrected chi connectivity index (χ2v) is 32.2. The van der Waals surface area contributed by atoms with E-state index < -0.39 is 0 Å². The second kappa shape index (κ2) is 33.8. The minimum atomic E-state index is 0.617. The van der Waals surface area contributed by atoms with Crippen molar-refractivity contribution in [2.45, 2.75) is 0 Å². The lowest BCUT2D eigenvalue weighted by Crippen LogP contribution is -2.00. The maximum absolute atomic E-state index is 6.41. The molecular weight excluding hydrogens is 1570 g/mol. The number of hydrogen-bond acceptors (Lipinski definition) is 12. The highest BCUT2D eigenvalue weighted by Crippen LogP contribution is 2.42. The van der Waals surface area contributed by atoms with Gasteiger partial charge in [-0.2, -0.15) is 0 Å². The van der Waals surface area contributed by atoms with E-state index in [1.54, 1.807) is 0 Å². The van der Waals surface area contributed by atoms with Gasteiger partial charge in [-0.1, -0.05) is 370 Å². The minimum absolute atomic E-state index is 0.617. The summed E-state index contributed by atoms with van der Waals surface area (Å²) in [5.41, 5.74) is 23.4. The lowest BCUT2D eigenvalue weighted by Gasteiger charge is -2.10. The van der Waals surface area contributed by atoms with Gasteiger partial charge >= 0.3 is 0 Å². The third-order valence-electron chi connectivity index (χ3n) is 23.0. The molecule has 0 atom stereocenters. The van der Waals surface area contributed by atoms with Crippen LogP contribution in [0.15, 0.2) is 452 Å². The Kier molecular flexibility index (Phi) is 20.3. The van der Waals surface area contributed by atoms with Crippen LogP contribution in [0.1, 0.15) is 0 Å². The molecule has 0 N–H and O–H groups in total. The fourth-order valence-corrected chi connectivity index (χ4v) is 17.6. The average molecular weight is 1640 g/mol. The number of thiophene rings is 1. The number of hydrogen-bond donors (Lipinski definition) is 0. The van der Waals surface area contributed by atoms with Gasteiger partial charge < -0.3 is 8.83 Å². The Morgan fingerprint density at radius 2 is 0.441 bits per heavy atom. The van der Waals surface area contributed by atoms with Gasteiger partial charge in [-0.15, -0.1) is 11.3 Å². The van der Waals surface area contributed by atoms with Gasteiger partial charge in [0.1, 0.15) is 22.3 Å². The Morgan fingerprint density at radius 3 is 0.969 bits per heavy atom. The quantitative estimate of drug-likeness (QED) is 0.103. The van der Waals surface area contributed by atoms with Gasteiger partial charge in [0, 0.05) is 97.4 Å². The smallest absolute Gasteiger partial charge is 0.164 e. The van der Waals surface area contributed by atoms with Crippen molar-refractivity contribution >= 4 is 86.2 Å². The molecule has 0 saturated carbocycles. The van der Waals surface area contributed by atoms with Crippen LogP contribution in [0.3, 0.4) is 0 Å². The van der Waals surface area contributed by atoms with Crippen LogP contribution in [0.25, 0.3) is 233 Å². The third-order valence-corrected chi connectivity index (χ3v) is 24.2. The Bertz CT molecular complexity index is 8160. The summed E-state index contributed by atoms with van der Waals surface area (Å²) in [5.74, 6) is 5.80. The van der Waals surface area contributed by atoms with Gasteiger partial charge in [-0.05, 0) is 134 Å². The number of nitrogens with zero attached hydrogens (tertiary/aromatic N) is 9. The van der Waals surface area contributed by atoms with Crippen LogP contribution >= 0.6 is 11.3 Å². The van der Waals surface area contributed by atoms with Crippen LogP contribution in [0.2, 0.25) is 0 Å². The van der Waals surface area contributed by atoms with Crippen molar-refractivity contribution in [2.75, 3.05) is 0 Å². The molecule has 0 aliphatic carbocycles. The zero-order valence-corrected chi connectivity index (χ0v) is 69.2. The Hall–Kier alpha value is -16.9. The van der Waals surface area contributed by atoms with Gasteiger partial charge in [0.25, 0.3) is 0 Å². The molecule has 127 heavy (non-hydrogen) atoms. The summed E-state index contributed by atoms with van der Waals surface area (Å²) in [4.78, 5) is 44.5. The molecule has 0 bridgehead atoms. The van der Waals surface area contributed by atoms with E-state index in [-0.39, 0.29) is 0 Å². The molecule has 0 saturated heterocycles. The molecule has 0 unspecified atom stereocenters. The Labute approximate surface area is 735 Å². The van der Waals surface area contributed by atoms with Crippen molar-refractivity contribution in [3.63, 3.8) is 0 Å². The minimum Gasteiger partial charge on any atom is -0.456 e. The van der Waals surface area contributed by atoms with E-state index in [9.17, 15) is 0 Å². The van der Waals surface area contributed by atoms with E-state index in [1.807, 2.05) is 169 Å². The fourth-order valence-electron chi connectivity index (χ4n) is 16.5. The molecule has 6 aromatic heterocycles. The van der Waals surface area contributed by atoms with Crippen molar-refractivity contribution in [1.82, 2.24) is 44.9 Å². The van der Waals surface area contributed by atoms with Crippen molar-refractivity contribution in [3.8, 4) is 158 Å². The second-order valence-electron chi connectivity index (χ2n) is 31.1. The number of benzene rings is 18. The standard InChI is InChI=1S/2C39H25N3O.C37H23N3S/c1-4-11-26(12-5-1)27-19-21-30(22-20-27)38-40-37(29-15-8-3-9-16-29)41-39(42-38)31-23-24-35-34(25-31)33-18-10-17-32(36(33)43-35)28-13-6-2-7-14-28;1-3-10-26(11-4-1)27-18-20-29(21-19-27)38-40-37(28-12-5-2-6-13-28)41-39(42-38)32-15-9-14-30(24-32)31-22-23-36-34(25-31)33-16-7-8-17-35(33)43-36;1-2-9-26(10-3-1)35-38-36(27-17-14-25(15-18-27)29-19-16-24-8-4-5-11-28(24)22-29)40-37(39-35)30-20-21-34-32(23-30)31-12-6-7-13-33(31)41-34/h2*1-25H;1-23H. The molecule has 18 aromatic carbocycles. The molecular formula is C115H73N9O2S. The molecule has 0 aliphatic rings. The number of aromatic nitrogens is 9. The molecule has 0 fully saturated rings. The first-order valence-corrected chi connectivity index (χ1v) is 43.0. The first kappa shape index (κ1) is 76.2. The van der Waals surface area contributed by atoms with Crippen molar-refractivity contribution in [2.24, 2.45) is 0 Å². The highest BCUT2D eigenvalue weighted by molar-refractivity contribution is 7.25. The first-order chi connectivity index (χ1) is 62.9. The molecule has 6 heterocycles. The predicted molar refractivity (Wildman–Crippen MR) is 521 cm³/mol. The van der Waals surface area contributed by atoms with E-state index in [0.29, 0.717) is 52.4 Å². The van der Waals surface area contributed by atoms with Crippen molar-refractivity contribution < 1.29 is 8.83 Å². The number of fused-ring (bicyclic) bond motifs is 10. The van der Waals surface area contributed by atoms with Gasteiger partial charge in [0.2, 0.25) is 0 Å². The molecule has 24 aromatic rings. The van der Waals surface area contributed by atoms with Crippen LogP contribution in [0.5, 0.6) is 0 Å². The summed E-state index contributed by atoms with van der Waals surface area (Å²) in [5, 5.41) is 9.27. The number of para-hydroxylation sites is 2. The zero-order valence-electron chi connectivity index (χ0n) is 68.4. The molecule has 0 radical (unpaired) electrons. The Morgan fingerprint density at radius 1 is 0.150 bits per heavy atom. The van der Waals surface area contributed by atoms with Crippen LogP contribution in [-0.2, 0) is 0 Å². The Balaban J connectivity index is 0.000000113. The first-order valence-electron chi connectivity index (χ1n) is 42.2. The van der Waals surface area contributed by atoms with Crippen LogP contribution in [0.4, 0.5) is 0 Å². The van der Waals surface area contributed by atoms with Gasteiger partial charge in [-0.25, -0.2) is 44.9 Å². The summed E-state index contributed by atoms with van der Waals surface area (Å²) < 4.78 is 15.0. The zero-order chi connectivity index (χ0) is 84.4. The topological polar surface area (TPSA) is 142 Å². The number of rotatable bonds is 14. The number of furan rings is 2. The highest BCUT2D eigenvalue weighted by Gasteiger charge is 2.21. The maximum Gasteiger partial charge on any atom is 0.164 e. The normalized spacial score (nSPS) is 11.3. The third kappa shape index (κ3) is 15.7. The molecule has 12 heteroatoms. The summed E-state index contributed by atoms with van der Waals surface area (Å²) in [6.07, 6.45) is 0. The molecule has 596 valence electrons. The fraction of sp³-hybridized carbons (Fsp3) is 0. The van der Waals surface area contributed by atoms with E-state index in [0.717, 1.165) is 133 Å². The van der Waals surface area contributed by atoms with Crippen LogP contribution in [0, 0.1) is 0 Å². The average Bonchev–Trinajstić information content (AvgIpc) is 1.62. The largest absolute Gasteiger partial charge is 0.456 e. The van der Waals surface area contributed by atoms with Gasteiger partial charge in [0.05, 0.1) is 0 Å². The van der Waals surface area contributed by atoms with Crippen LogP contribution in [-0.4, -0.2) is 44.9 Å². The molecule has 0 spiro atoms.